The number of hydrogen-bond acceptors (Lipinski definition) is 6. The van der Waals surface area contributed by atoms with Crippen molar-refractivity contribution in [3.63, 3.8) is 0 Å². The average Bonchev–Trinajstić information content (AvgIpc) is 3.10. The summed E-state index contributed by atoms with van der Waals surface area (Å²) in [4.78, 5) is 12.4. The molecule has 0 unspecified atom stereocenters. The molecule has 0 radical (unpaired) electrons. The maximum Gasteiger partial charge on any atom is 0.242 e. The van der Waals surface area contributed by atoms with E-state index in [1.807, 2.05) is 6.92 Å². The van der Waals surface area contributed by atoms with Crippen molar-refractivity contribution in [3.8, 4) is 17.2 Å². The van der Waals surface area contributed by atoms with Crippen molar-refractivity contribution in [1.29, 1.82) is 0 Å². The first-order valence-electron chi connectivity index (χ1n) is 8.35. The monoisotopic (exact) mass is 392 g/mol. The number of amides is 1. The number of fused-ring (bicyclic) bond motifs is 1. The van der Waals surface area contributed by atoms with Gasteiger partial charge in [0.25, 0.3) is 0 Å². The minimum atomic E-state index is -3.85. The van der Waals surface area contributed by atoms with Crippen LogP contribution < -0.4 is 24.2 Å². The SMILES string of the molecule is CCOc1ccc(S(=O)(=O)N[C@@H](C)C(=O)Nc2ccc3c(c2)OCO3)cc1. The Hall–Kier alpha value is -2.78. The summed E-state index contributed by atoms with van der Waals surface area (Å²) in [6.07, 6.45) is 0. The Morgan fingerprint density at radius 2 is 1.85 bits per heavy atom. The molecule has 9 heteroatoms. The predicted octanol–water partition coefficient (Wildman–Crippen LogP) is 2.12. The molecule has 2 aromatic rings. The first-order valence-corrected chi connectivity index (χ1v) is 9.83. The summed E-state index contributed by atoms with van der Waals surface area (Å²) < 4.78 is 43.0. The molecule has 1 atom stereocenters. The standard InChI is InChI=1S/C18H20N2O6S/c1-3-24-14-5-7-15(8-6-14)27(22,23)20-12(2)18(21)19-13-4-9-16-17(10-13)26-11-25-16/h4-10,12,20H,3,11H2,1-2H3,(H,19,21)/t12-/m0/s1. The second kappa shape index (κ2) is 7.85. The van der Waals surface area contributed by atoms with Crippen LogP contribution in [-0.4, -0.2) is 33.8 Å². The van der Waals surface area contributed by atoms with Gasteiger partial charge in [-0.25, -0.2) is 8.42 Å². The third-order valence-corrected chi connectivity index (χ3v) is 5.37. The fourth-order valence-corrected chi connectivity index (χ4v) is 3.66. The molecule has 3 rings (SSSR count). The summed E-state index contributed by atoms with van der Waals surface area (Å²) in [6.45, 7) is 3.92. The highest BCUT2D eigenvalue weighted by molar-refractivity contribution is 7.89. The Balaban J connectivity index is 1.64. The highest BCUT2D eigenvalue weighted by atomic mass is 32.2. The summed E-state index contributed by atoms with van der Waals surface area (Å²) in [5, 5.41) is 2.65. The lowest BCUT2D eigenvalue weighted by Gasteiger charge is -2.15. The molecule has 0 aromatic heterocycles. The fraction of sp³-hybridized carbons (Fsp3) is 0.278. The molecule has 0 spiro atoms. The summed E-state index contributed by atoms with van der Waals surface area (Å²) >= 11 is 0. The van der Waals surface area contributed by atoms with Crippen LogP contribution in [0.25, 0.3) is 0 Å². The molecule has 1 aliphatic rings. The Bertz CT molecular complexity index is 927. The molecule has 2 aromatic carbocycles. The number of carbonyl (C=O) groups is 1. The first-order chi connectivity index (χ1) is 12.9. The van der Waals surface area contributed by atoms with Crippen molar-refractivity contribution >= 4 is 21.6 Å². The van der Waals surface area contributed by atoms with E-state index in [4.69, 9.17) is 14.2 Å². The van der Waals surface area contributed by atoms with Crippen LogP contribution in [0.2, 0.25) is 0 Å². The normalized spacial score (nSPS) is 13.9. The second-order valence-electron chi connectivity index (χ2n) is 5.80. The molecule has 0 fully saturated rings. The summed E-state index contributed by atoms with van der Waals surface area (Å²) in [7, 11) is -3.85. The van der Waals surface area contributed by atoms with Crippen molar-refractivity contribution in [2.75, 3.05) is 18.7 Å². The molecule has 8 nitrogen and oxygen atoms in total. The van der Waals surface area contributed by atoms with Crippen molar-refractivity contribution in [3.05, 3.63) is 42.5 Å². The number of anilines is 1. The van der Waals surface area contributed by atoms with Crippen LogP contribution in [0.5, 0.6) is 17.2 Å². The van der Waals surface area contributed by atoms with Crippen LogP contribution in [-0.2, 0) is 14.8 Å². The third-order valence-electron chi connectivity index (χ3n) is 3.81. The van der Waals surface area contributed by atoms with Gasteiger partial charge in [0.1, 0.15) is 5.75 Å². The van der Waals surface area contributed by atoms with Gasteiger partial charge in [0.05, 0.1) is 17.5 Å². The van der Waals surface area contributed by atoms with Crippen LogP contribution in [0, 0.1) is 0 Å². The van der Waals surface area contributed by atoms with Gasteiger partial charge in [0.15, 0.2) is 11.5 Å². The number of sulfonamides is 1. The molecule has 1 aliphatic heterocycles. The quantitative estimate of drug-likeness (QED) is 0.748. The zero-order valence-electron chi connectivity index (χ0n) is 14.9. The van der Waals surface area contributed by atoms with Gasteiger partial charge in [-0.1, -0.05) is 0 Å². The van der Waals surface area contributed by atoms with E-state index < -0.39 is 22.0 Å². The van der Waals surface area contributed by atoms with Crippen LogP contribution in [0.1, 0.15) is 13.8 Å². The number of rotatable bonds is 7. The highest BCUT2D eigenvalue weighted by Crippen LogP contribution is 2.34. The first kappa shape index (κ1) is 19.0. The number of nitrogens with one attached hydrogen (secondary N) is 2. The molecule has 1 amide bonds. The molecule has 27 heavy (non-hydrogen) atoms. The zero-order chi connectivity index (χ0) is 19.4. The highest BCUT2D eigenvalue weighted by Gasteiger charge is 2.23. The minimum absolute atomic E-state index is 0.0497. The van der Waals surface area contributed by atoms with Crippen LogP contribution in [0.15, 0.2) is 47.4 Å². The van der Waals surface area contributed by atoms with Gasteiger partial charge >= 0.3 is 0 Å². The molecule has 144 valence electrons. The summed E-state index contributed by atoms with van der Waals surface area (Å²) in [5.41, 5.74) is 0.483. The maximum absolute atomic E-state index is 12.5. The topological polar surface area (TPSA) is 103 Å². The van der Waals surface area contributed by atoms with E-state index >= 15 is 0 Å². The van der Waals surface area contributed by atoms with E-state index in [2.05, 4.69) is 10.0 Å². The Labute approximate surface area is 157 Å². The zero-order valence-corrected chi connectivity index (χ0v) is 15.7. The predicted molar refractivity (Wildman–Crippen MR) is 98.6 cm³/mol. The van der Waals surface area contributed by atoms with Gasteiger partial charge in [-0.3, -0.25) is 4.79 Å². The van der Waals surface area contributed by atoms with Crippen LogP contribution >= 0.6 is 0 Å². The van der Waals surface area contributed by atoms with Crippen molar-refractivity contribution in [2.45, 2.75) is 24.8 Å². The second-order valence-corrected chi connectivity index (χ2v) is 7.52. The molecular formula is C18H20N2O6S. The van der Waals surface area contributed by atoms with Crippen LogP contribution in [0.4, 0.5) is 5.69 Å². The van der Waals surface area contributed by atoms with Gasteiger partial charge in [-0.05, 0) is 50.2 Å². The number of carbonyl (C=O) groups excluding carboxylic acids is 1. The fourth-order valence-electron chi connectivity index (χ4n) is 2.46. The van der Waals surface area contributed by atoms with E-state index in [1.54, 1.807) is 30.3 Å². The maximum atomic E-state index is 12.5. The van der Waals surface area contributed by atoms with Gasteiger partial charge < -0.3 is 19.5 Å². The Kier molecular flexibility index (Phi) is 5.52. The lowest BCUT2D eigenvalue weighted by atomic mass is 10.2. The summed E-state index contributed by atoms with van der Waals surface area (Å²) in [5.74, 6) is 1.20. The summed E-state index contributed by atoms with van der Waals surface area (Å²) in [6, 6.07) is 9.95. The third kappa shape index (κ3) is 4.50. The lowest BCUT2D eigenvalue weighted by Crippen LogP contribution is -2.41. The molecule has 0 saturated carbocycles. The van der Waals surface area contributed by atoms with E-state index in [1.165, 1.54) is 19.1 Å². The smallest absolute Gasteiger partial charge is 0.242 e. The molecule has 0 aliphatic carbocycles. The number of benzene rings is 2. The Morgan fingerprint density at radius 3 is 2.56 bits per heavy atom. The van der Waals surface area contributed by atoms with Gasteiger partial charge in [-0.2, -0.15) is 4.72 Å². The van der Waals surface area contributed by atoms with E-state index in [0.717, 1.165) is 0 Å². The number of hydrogen-bond donors (Lipinski definition) is 2. The van der Waals surface area contributed by atoms with Gasteiger partial charge in [0, 0.05) is 11.8 Å². The van der Waals surface area contributed by atoms with Crippen molar-refractivity contribution in [1.82, 2.24) is 4.72 Å². The lowest BCUT2D eigenvalue weighted by molar-refractivity contribution is -0.117. The largest absolute Gasteiger partial charge is 0.494 e. The van der Waals surface area contributed by atoms with E-state index in [9.17, 15) is 13.2 Å². The van der Waals surface area contributed by atoms with Gasteiger partial charge in [0.2, 0.25) is 22.7 Å². The Morgan fingerprint density at radius 1 is 1.15 bits per heavy atom. The number of ether oxygens (including phenoxy) is 3. The van der Waals surface area contributed by atoms with Gasteiger partial charge in [-0.15, -0.1) is 0 Å². The molecule has 2 N–H and O–H groups in total. The molecule has 0 saturated heterocycles. The van der Waals surface area contributed by atoms with Crippen molar-refractivity contribution in [2.24, 2.45) is 0 Å². The van der Waals surface area contributed by atoms with Crippen LogP contribution in [0.3, 0.4) is 0 Å². The molecular weight excluding hydrogens is 372 g/mol. The van der Waals surface area contributed by atoms with E-state index in [0.29, 0.717) is 29.5 Å². The molecule has 1 heterocycles. The van der Waals surface area contributed by atoms with Crippen molar-refractivity contribution < 1.29 is 27.4 Å². The minimum Gasteiger partial charge on any atom is -0.494 e. The van der Waals surface area contributed by atoms with E-state index in [-0.39, 0.29) is 11.7 Å². The molecule has 0 bridgehead atoms. The average molecular weight is 392 g/mol.